The number of amides is 1. The third kappa shape index (κ3) is 4.41. The number of esters is 1. The van der Waals surface area contributed by atoms with Gasteiger partial charge in [-0.2, -0.15) is 0 Å². The van der Waals surface area contributed by atoms with E-state index < -0.39 is 24.3 Å². The van der Waals surface area contributed by atoms with Crippen LogP contribution in [-0.2, 0) is 20.7 Å². The molecule has 0 unspecified atom stereocenters. The first kappa shape index (κ1) is 16.6. The first-order valence-corrected chi connectivity index (χ1v) is 7.79. The van der Waals surface area contributed by atoms with Crippen LogP contribution in [0.5, 0.6) is 0 Å². The Morgan fingerprint density at radius 2 is 1.72 bits per heavy atom. The second-order valence-corrected chi connectivity index (χ2v) is 5.53. The van der Waals surface area contributed by atoms with E-state index in [9.17, 15) is 14.0 Å². The van der Waals surface area contributed by atoms with Crippen LogP contribution in [0.15, 0.2) is 66.7 Å². The highest BCUT2D eigenvalue weighted by atomic mass is 19.1. The second-order valence-electron chi connectivity index (χ2n) is 5.53. The Morgan fingerprint density at radius 1 is 0.960 bits per heavy atom. The molecule has 126 valence electrons. The first-order chi connectivity index (χ1) is 12.1. The van der Waals surface area contributed by atoms with E-state index in [0.29, 0.717) is 5.69 Å². The molecule has 0 aromatic heterocycles. The van der Waals surface area contributed by atoms with Crippen molar-refractivity contribution >= 4 is 28.3 Å². The van der Waals surface area contributed by atoms with Gasteiger partial charge in [0.1, 0.15) is 5.82 Å². The maximum absolute atomic E-state index is 13.1. The Morgan fingerprint density at radius 3 is 2.56 bits per heavy atom. The molecule has 1 N–H and O–H groups in total. The fourth-order valence-electron chi connectivity index (χ4n) is 2.56. The average molecular weight is 337 g/mol. The zero-order valence-corrected chi connectivity index (χ0v) is 13.4. The van der Waals surface area contributed by atoms with Crippen LogP contribution in [0.2, 0.25) is 0 Å². The highest BCUT2D eigenvalue weighted by molar-refractivity contribution is 5.93. The number of rotatable bonds is 5. The van der Waals surface area contributed by atoms with Crippen LogP contribution >= 0.6 is 0 Å². The number of halogens is 1. The van der Waals surface area contributed by atoms with Gasteiger partial charge < -0.3 is 10.1 Å². The van der Waals surface area contributed by atoms with Gasteiger partial charge in [0, 0.05) is 5.69 Å². The average Bonchev–Trinajstić information content (AvgIpc) is 2.60. The fraction of sp³-hybridized carbons (Fsp3) is 0.100. The van der Waals surface area contributed by atoms with Crippen molar-refractivity contribution in [1.82, 2.24) is 0 Å². The summed E-state index contributed by atoms with van der Waals surface area (Å²) in [5.74, 6) is -1.46. The number of hydrogen-bond acceptors (Lipinski definition) is 3. The number of ether oxygens (including phenoxy) is 1. The van der Waals surface area contributed by atoms with E-state index >= 15 is 0 Å². The van der Waals surface area contributed by atoms with Crippen molar-refractivity contribution in [1.29, 1.82) is 0 Å². The van der Waals surface area contributed by atoms with Gasteiger partial charge in [-0.25, -0.2) is 4.39 Å². The predicted molar refractivity (Wildman–Crippen MR) is 93.6 cm³/mol. The molecule has 4 nitrogen and oxygen atoms in total. The second kappa shape index (κ2) is 7.57. The standard InChI is InChI=1S/C20H16FNO3/c21-16-8-4-9-17(12-16)22-19(23)13-25-20(24)11-15-7-3-6-14-5-1-2-10-18(14)15/h1-10,12H,11,13H2,(H,22,23). The molecule has 0 aliphatic heterocycles. The molecule has 0 spiro atoms. The molecule has 3 rings (SSSR count). The minimum absolute atomic E-state index is 0.0780. The summed E-state index contributed by atoms with van der Waals surface area (Å²) in [6.07, 6.45) is 0.0780. The topological polar surface area (TPSA) is 55.4 Å². The Bertz CT molecular complexity index is 918. The Hall–Kier alpha value is -3.21. The SMILES string of the molecule is O=C(COC(=O)Cc1cccc2ccccc12)Nc1cccc(F)c1. The smallest absolute Gasteiger partial charge is 0.310 e. The molecule has 3 aromatic rings. The largest absolute Gasteiger partial charge is 0.455 e. The molecule has 5 heteroatoms. The molecule has 0 fully saturated rings. The summed E-state index contributed by atoms with van der Waals surface area (Å²) in [5.41, 5.74) is 1.16. The van der Waals surface area contributed by atoms with Gasteiger partial charge in [-0.15, -0.1) is 0 Å². The number of anilines is 1. The Balaban J connectivity index is 1.56. The highest BCUT2D eigenvalue weighted by Gasteiger charge is 2.11. The molecule has 0 aliphatic rings. The van der Waals surface area contributed by atoms with Gasteiger partial charge in [-0.05, 0) is 34.5 Å². The third-order valence-corrected chi connectivity index (χ3v) is 3.69. The van der Waals surface area contributed by atoms with Gasteiger partial charge in [0.25, 0.3) is 5.91 Å². The molecule has 0 saturated carbocycles. The summed E-state index contributed by atoms with van der Waals surface area (Å²) < 4.78 is 18.1. The van der Waals surface area contributed by atoms with Crippen LogP contribution in [0, 0.1) is 5.82 Å². The lowest BCUT2D eigenvalue weighted by Gasteiger charge is -2.08. The zero-order valence-electron chi connectivity index (χ0n) is 13.4. The molecule has 0 heterocycles. The lowest BCUT2D eigenvalue weighted by atomic mass is 10.0. The van der Waals surface area contributed by atoms with Crippen LogP contribution < -0.4 is 5.32 Å². The number of fused-ring (bicyclic) bond motifs is 1. The van der Waals surface area contributed by atoms with Crippen LogP contribution in [0.25, 0.3) is 10.8 Å². The van der Waals surface area contributed by atoms with E-state index in [1.165, 1.54) is 18.2 Å². The maximum atomic E-state index is 13.1. The summed E-state index contributed by atoms with van der Waals surface area (Å²) in [5, 5.41) is 4.49. The van der Waals surface area contributed by atoms with Crippen molar-refractivity contribution in [2.24, 2.45) is 0 Å². The molecule has 25 heavy (non-hydrogen) atoms. The van der Waals surface area contributed by atoms with E-state index in [-0.39, 0.29) is 6.42 Å². The molecule has 0 bridgehead atoms. The van der Waals surface area contributed by atoms with Crippen LogP contribution in [-0.4, -0.2) is 18.5 Å². The van der Waals surface area contributed by atoms with Gasteiger partial charge >= 0.3 is 5.97 Å². The van der Waals surface area contributed by atoms with Crippen LogP contribution in [0.1, 0.15) is 5.56 Å². The monoisotopic (exact) mass is 337 g/mol. The first-order valence-electron chi connectivity index (χ1n) is 7.79. The number of nitrogens with one attached hydrogen (secondary N) is 1. The van der Waals surface area contributed by atoms with Gasteiger partial charge in [-0.1, -0.05) is 48.5 Å². The van der Waals surface area contributed by atoms with Crippen molar-refractivity contribution in [3.05, 3.63) is 78.1 Å². The van der Waals surface area contributed by atoms with Crippen molar-refractivity contribution in [3.63, 3.8) is 0 Å². The van der Waals surface area contributed by atoms with Gasteiger partial charge in [0.05, 0.1) is 6.42 Å². The van der Waals surface area contributed by atoms with Crippen molar-refractivity contribution in [3.8, 4) is 0 Å². The number of carbonyl (C=O) groups excluding carboxylic acids is 2. The Labute approximate surface area is 144 Å². The summed E-state index contributed by atoms with van der Waals surface area (Å²) >= 11 is 0. The Kier molecular flexibility index (Phi) is 5.04. The summed E-state index contributed by atoms with van der Waals surface area (Å²) in [6, 6.07) is 19.0. The van der Waals surface area contributed by atoms with Gasteiger partial charge in [-0.3, -0.25) is 9.59 Å². The molecule has 1 amide bonds. The summed E-state index contributed by atoms with van der Waals surface area (Å²) in [6.45, 7) is -0.417. The number of hydrogen-bond donors (Lipinski definition) is 1. The molecule has 3 aromatic carbocycles. The maximum Gasteiger partial charge on any atom is 0.310 e. The van der Waals surface area contributed by atoms with Crippen molar-refractivity contribution in [2.45, 2.75) is 6.42 Å². The quantitative estimate of drug-likeness (QED) is 0.722. The molecule has 0 radical (unpaired) electrons. The summed E-state index contributed by atoms with van der Waals surface area (Å²) in [4.78, 5) is 23.8. The van der Waals surface area contributed by atoms with E-state index in [0.717, 1.165) is 16.3 Å². The molecule has 0 saturated heterocycles. The van der Waals surface area contributed by atoms with Crippen LogP contribution in [0.3, 0.4) is 0 Å². The van der Waals surface area contributed by atoms with E-state index in [2.05, 4.69) is 5.32 Å². The minimum Gasteiger partial charge on any atom is -0.455 e. The van der Waals surface area contributed by atoms with Gasteiger partial charge in [0.2, 0.25) is 0 Å². The van der Waals surface area contributed by atoms with Gasteiger partial charge in [0.15, 0.2) is 6.61 Å². The molecular weight excluding hydrogens is 321 g/mol. The van der Waals surface area contributed by atoms with Crippen molar-refractivity contribution < 1.29 is 18.7 Å². The lowest BCUT2D eigenvalue weighted by molar-refractivity contribution is -0.146. The molecule has 0 aliphatic carbocycles. The normalized spacial score (nSPS) is 10.4. The predicted octanol–water partition coefficient (Wildman–Crippen LogP) is 3.70. The van der Waals surface area contributed by atoms with E-state index in [4.69, 9.17) is 4.74 Å². The summed E-state index contributed by atoms with van der Waals surface area (Å²) in [7, 11) is 0. The zero-order chi connectivity index (χ0) is 17.6. The molecule has 0 atom stereocenters. The van der Waals surface area contributed by atoms with Crippen molar-refractivity contribution in [2.75, 3.05) is 11.9 Å². The number of carbonyl (C=O) groups is 2. The minimum atomic E-state index is -0.517. The highest BCUT2D eigenvalue weighted by Crippen LogP contribution is 2.19. The van der Waals surface area contributed by atoms with E-state index in [1.54, 1.807) is 6.07 Å². The molecular formula is C20H16FNO3. The fourth-order valence-corrected chi connectivity index (χ4v) is 2.56. The third-order valence-electron chi connectivity index (χ3n) is 3.69. The van der Waals surface area contributed by atoms with E-state index in [1.807, 2.05) is 42.5 Å². The number of benzene rings is 3. The lowest BCUT2D eigenvalue weighted by Crippen LogP contribution is -2.21. The van der Waals surface area contributed by atoms with Crippen LogP contribution in [0.4, 0.5) is 10.1 Å².